The van der Waals surface area contributed by atoms with E-state index in [0.29, 0.717) is 25.8 Å². The third-order valence-corrected chi connectivity index (χ3v) is 2.59. The molecule has 0 heterocycles. The van der Waals surface area contributed by atoms with Crippen molar-refractivity contribution < 1.29 is 15.3 Å². The van der Waals surface area contributed by atoms with Gasteiger partial charge in [-0.15, -0.1) is 0 Å². The first-order valence-corrected chi connectivity index (χ1v) is 5.53. The summed E-state index contributed by atoms with van der Waals surface area (Å²) in [6.07, 6.45) is 2.76. The predicted octanol–water partition coefficient (Wildman–Crippen LogP) is -0.714. The van der Waals surface area contributed by atoms with Crippen LogP contribution in [-0.2, 0) is 0 Å². The Bertz CT molecular complexity index is 156. The second kappa shape index (κ2) is 8.01. The first kappa shape index (κ1) is 14.8. The minimum Gasteiger partial charge on any atom is -0.389 e. The number of aliphatic hydroxyl groups excluding tert-OH is 1. The number of nitrogens with two attached hydrogens (primary N) is 2. The van der Waals surface area contributed by atoms with Crippen LogP contribution in [0.25, 0.3) is 0 Å². The van der Waals surface area contributed by atoms with Crippen molar-refractivity contribution >= 4 is 0 Å². The van der Waals surface area contributed by atoms with Gasteiger partial charge in [0.1, 0.15) is 0 Å². The Kier molecular flexibility index (Phi) is 7.90. The SMILES string of the molecule is NCCC(O)(CN)CCCCCC(O)O. The van der Waals surface area contributed by atoms with Gasteiger partial charge >= 0.3 is 0 Å². The van der Waals surface area contributed by atoms with Gasteiger partial charge in [-0.1, -0.05) is 12.8 Å². The molecule has 0 aliphatic heterocycles. The van der Waals surface area contributed by atoms with Crippen molar-refractivity contribution in [1.29, 1.82) is 0 Å². The monoisotopic (exact) mass is 220 g/mol. The summed E-state index contributed by atoms with van der Waals surface area (Å²) in [6.45, 7) is 0.663. The van der Waals surface area contributed by atoms with Crippen LogP contribution < -0.4 is 11.5 Å². The van der Waals surface area contributed by atoms with E-state index in [4.69, 9.17) is 21.7 Å². The van der Waals surface area contributed by atoms with Crippen LogP contribution in [0.4, 0.5) is 0 Å². The highest BCUT2D eigenvalue weighted by Crippen LogP contribution is 2.17. The van der Waals surface area contributed by atoms with Crippen molar-refractivity contribution in [1.82, 2.24) is 0 Å². The number of unbranched alkanes of at least 4 members (excludes halogenated alkanes) is 2. The van der Waals surface area contributed by atoms with Crippen molar-refractivity contribution in [3.8, 4) is 0 Å². The van der Waals surface area contributed by atoms with Crippen molar-refractivity contribution in [2.75, 3.05) is 13.1 Å². The summed E-state index contributed by atoms with van der Waals surface area (Å²) in [7, 11) is 0. The van der Waals surface area contributed by atoms with Gasteiger partial charge in [0.05, 0.1) is 5.60 Å². The maximum atomic E-state index is 9.92. The number of hydrogen-bond donors (Lipinski definition) is 5. The molecule has 0 aromatic heterocycles. The van der Waals surface area contributed by atoms with E-state index in [-0.39, 0.29) is 6.54 Å². The third-order valence-electron chi connectivity index (χ3n) is 2.59. The van der Waals surface area contributed by atoms with E-state index in [1.165, 1.54) is 0 Å². The summed E-state index contributed by atoms with van der Waals surface area (Å²) in [4.78, 5) is 0. The lowest BCUT2D eigenvalue weighted by atomic mass is 9.92. The zero-order valence-electron chi connectivity index (χ0n) is 9.23. The summed E-state index contributed by atoms with van der Waals surface area (Å²) < 4.78 is 0. The molecular weight excluding hydrogens is 196 g/mol. The number of hydrogen-bond acceptors (Lipinski definition) is 5. The normalized spacial score (nSPS) is 15.6. The molecule has 1 atom stereocenters. The molecule has 1 unspecified atom stereocenters. The van der Waals surface area contributed by atoms with Crippen LogP contribution >= 0.6 is 0 Å². The first-order valence-electron chi connectivity index (χ1n) is 5.53. The second-order valence-corrected chi connectivity index (χ2v) is 4.05. The van der Waals surface area contributed by atoms with Gasteiger partial charge in [0.25, 0.3) is 0 Å². The predicted molar refractivity (Wildman–Crippen MR) is 59.0 cm³/mol. The maximum absolute atomic E-state index is 9.92. The van der Waals surface area contributed by atoms with E-state index in [2.05, 4.69) is 0 Å². The second-order valence-electron chi connectivity index (χ2n) is 4.05. The van der Waals surface area contributed by atoms with Crippen molar-refractivity contribution in [3.63, 3.8) is 0 Å². The Labute approximate surface area is 91.1 Å². The Morgan fingerprint density at radius 1 is 1.00 bits per heavy atom. The van der Waals surface area contributed by atoms with Gasteiger partial charge in [-0.3, -0.25) is 0 Å². The molecule has 0 saturated heterocycles. The molecular formula is C10H24N2O3. The van der Waals surface area contributed by atoms with Gasteiger partial charge < -0.3 is 26.8 Å². The fourth-order valence-corrected chi connectivity index (χ4v) is 1.56. The summed E-state index contributed by atoms with van der Waals surface area (Å²) >= 11 is 0. The van der Waals surface area contributed by atoms with Gasteiger partial charge in [0, 0.05) is 6.54 Å². The first-order chi connectivity index (χ1) is 7.04. The van der Waals surface area contributed by atoms with Gasteiger partial charge in [-0.25, -0.2) is 0 Å². The third kappa shape index (κ3) is 7.70. The van der Waals surface area contributed by atoms with Gasteiger partial charge in [-0.05, 0) is 32.2 Å². The fourth-order valence-electron chi connectivity index (χ4n) is 1.56. The molecule has 0 radical (unpaired) electrons. The Hall–Kier alpha value is -0.200. The molecule has 0 bridgehead atoms. The molecule has 0 fully saturated rings. The summed E-state index contributed by atoms with van der Waals surface area (Å²) in [5.74, 6) is 0. The maximum Gasteiger partial charge on any atom is 0.151 e. The van der Waals surface area contributed by atoms with Crippen molar-refractivity contribution in [2.24, 2.45) is 11.5 Å². The van der Waals surface area contributed by atoms with E-state index in [0.717, 1.165) is 19.3 Å². The lowest BCUT2D eigenvalue weighted by Crippen LogP contribution is -2.39. The Balaban J connectivity index is 3.54. The zero-order valence-corrected chi connectivity index (χ0v) is 9.23. The van der Waals surface area contributed by atoms with Crippen LogP contribution in [0.1, 0.15) is 38.5 Å². The van der Waals surface area contributed by atoms with Crippen LogP contribution in [-0.4, -0.2) is 40.3 Å². The molecule has 0 aromatic rings. The van der Waals surface area contributed by atoms with Gasteiger partial charge in [0.2, 0.25) is 0 Å². The molecule has 0 amide bonds. The summed E-state index contributed by atoms with van der Waals surface area (Å²) in [6, 6.07) is 0. The molecule has 0 spiro atoms. The molecule has 7 N–H and O–H groups in total. The highest BCUT2D eigenvalue weighted by Gasteiger charge is 2.23. The Morgan fingerprint density at radius 2 is 1.67 bits per heavy atom. The lowest BCUT2D eigenvalue weighted by molar-refractivity contribution is -0.0468. The average Bonchev–Trinajstić information content (AvgIpc) is 2.17. The molecule has 0 aliphatic carbocycles. The molecule has 0 rings (SSSR count). The minimum absolute atomic E-state index is 0.229. The molecule has 5 nitrogen and oxygen atoms in total. The molecule has 92 valence electrons. The minimum atomic E-state index is -1.22. The van der Waals surface area contributed by atoms with Crippen LogP contribution in [0.5, 0.6) is 0 Å². The van der Waals surface area contributed by atoms with E-state index in [9.17, 15) is 5.11 Å². The molecule has 0 aliphatic rings. The summed E-state index contributed by atoms with van der Waals surface area (Å²) in [5, 5.41) is 27.1. The van der Waals surface area contributed by atoms with Gasteiger partial charge in [-0.2, -0.15) is 0 Å². The number of aliphatic hydroxyl groups is 3. The quantitative estimate of drug-likeness (QED) is 0.260. The van der Waals surface area contributed by atoms with Crippen LogP contribution in [0, 0.1) is 0 Å². The van der Waals surface area contributed by atoms with Crippen molar-refractivity contribution in [2.45, 2.75) is 50.4 Å². The smallest absolute Gasteiger partial charge is 0.151 e. The molecule has 5 heteroatoms. The molecule has 15 heavy (non-hydrogen) atoms. The Morgan fingerprint density at radius 3 is 2.13 bits per heavy atom. The summed E-state index contributed by atoms with van der Waals surface area (Å²) in [5.41, 5.74) is 10.0. The molecule has 0 saturated carbocycles. The molecule has 0 aromatic carbocycles. The topological polar surface area (TPSA) is 113 Å². The zero-order chi connectivity index (χ0) is 11.7. The van der Waals surface area contributed by atoms with E-state index in [1.54, 1.807) is 0 Å². The lowest BCUT2D eigenvalue weighted by Gasteiger charge is -2.25. The highest BCUT2D eigenvalue weighted by molar-refractivity contribution is 4.79. The van der Waals surface area contributed by atoms with E-state index >= 15 is 0 Å². The van der Waals surface area contributed by atoms with Crippen LogP contribution in [0.3, 0.4) is 0 Å². The standard InChI is InChI=1S/C10H24N2O3/c11-7-6-10(15,8-12)5-3-1-2-4-9(13)14/h9,13-15H,1-8,11-12H2. The van der Waals surface area contributed by atoms with Crippen molar-refractivity contribution in [3.05, 3.63) is 0 Å². The fraction of sp³-hybridized carbons (Fsp3) is 1.00. The van der Waals surface area contributed by atoms with Crippen LogP contribution in [0.15, 0.2) is 0 Å². The largest absolute Gasteiger partial charge is 0.389 e. The average molecular weight is 220 g/mol. The van der Waals surface area contributed by atoms with Gasteiger partial charge in [0.15, 0.2) is 6.29 Å². The van der Waals surface area contributed by atoms with E-state index in [1.807, 2.05) is 0 Å². The van der Waals surface area contributed by atoms with Crippen LogP contribution in [0.2, 0.25) is 0 Å². The number of rotatable bonds is 9. The highest BCUT2D eigenvalue weighted by atomic mass is 16.5. The van der Waals surface area contributed by atoms with E-state index < -0.39 is 11.9 Å².